The number of aryl methyl sites for hydroxylation is 1. The summed E-state index contributed by atoms with van der Waals surface area (Å²) in [5.74, 6) is 0. The van der Waals surface area contributed by atoms with Crippen molar-refractivity contribution in [3.63, 3.8) is 0 Å². The summed E-state index contributed by atoms with van der Waals surface area (Å²) in [7, 11) is 0. The SMILES string of the molecule is c1cc(CCCN2CCNCC2)n[nH]1. The molecule has 1 aliphatic heterocycles. The van der Waals surface area contributed by atoms with Crippen molar-refractivity contribution in [1.82, 2.24) is 20.4 Å². The topological polar surface area (TPSA) is 44.0 Å². The Hall–Kier alpha value is -0.870. The molecule has 0 saturated carbocycles. The second kappa shape index (κ2) is 5.12. The van der Waals surface area contributed by atoms with E-state index in [1.54, 1.807) is 0 Å². The molecule has 0 aliphatic carbocycles. The molecule has 0 amide bonds. The molecule has 0 spiro atoms. The second-order valence-corrected chi connectivity index (χ2v) is 3.76. The van der Waals surface area contributed by atoms with Crippen LogP contribution in [0.4, 0.5) is 0 Å². The van der Waals surface area contributed by atoms with E-state index in [2.05, 4.69) is 26.5 Å². The van der Waals surface area contributed by atoms with Gasteiger partial charge in [-0.25, -0.2) is 0 Å². The van der Waals surface area contributed by atoms with Gasteiger partial charge in [0, 0.05) is 32.4 Å². The molecule has 0 radical (unpaired) electrons. The molecule has 1 aromatic rings. The molecule has 1 aliphatic rings. The molecule has 0 unspecified atom stereocenters. The van der Waals surface area contributed by atoms with Gasteiger partial charge < -0.3 is 10.2 Å². The van der Waals surface area contributed by atoms with Gasteiger partial charge in [0.05, 0.1) is 5.69 Å². The maximum absolute atomic E-state index is 4.14. The number of aromatic nitrogens is 2. The predicted octanol–water partition coefficient (Wildman–Crippen LogP) is 0.247. The minimum atomic E-state index is 1.09. The fraction of sp³-hybridized carbons (Fsp3) is 0.700. The molecule has 14 heavy (non-hydrogen) atoms. The molecule has 4 heteroatoms. The average molecular weight is 194 g/mol. The van der Waals surface area contributed by atoms with E-state index in [1.807, 2.05) is 6.20 Å². The van der Waals surface area contributed by atoms with Crippen molar-refractivity contribution in [1.29, 1.82) is 0 Å². The largest absolute Gasteiger partial charge is 0.314 e. The molecule has 78 valence electrons. The van der Waals surface area contributed by atoms with Crippen molar-refractivity contribution >= 4 is 0 Å². The number of nitrogens with one attached hydrogen (secondary N) is 2. The molecule has 4 nitrogen and oxygen atoms in total. The van der Waals surface area contributed by atoms with Gasteiger partial charge in [-0.1, -0.05) is 0 Å². The highest BCUT2D eigenvalue weighted by atomic mass is 15.2. The molecule has 0 aromatic carbocycles. The van der Waals surface area contributed by atoms with E-state index in [9.17, 15) is 0 Å². The molecular weight excluding hydrogens is 176 g/mol. The highest BCUT2D eigenvalue weighted by Crippen LogP contribution is 2.00. The van der Waals surface area contributed by atoms with E-state index in [1.165, 1.54) is 31.7 Å². The van der Waals surface area contributed by atoms with Crippen molar-refractivity contribution in [3.8, 4) is 0 Å². The fourth-order valence-corrected chi connectivity index (χ4v) is 1.85. The lowest BCUT2D eigenvalue weighted by atomic mass is 10.2. The third-order valence-electron chi connectivity index (χ3n) is 2.68. The zero-order valence-electron chi connectivity index (χ0n) is 8.50. The van der Waals surface area contributed by atoms with E-state index in [4.69, 9.17) is 0 Å². The van der Waals surface area contributed by atoms with Crippen LogP contribution >= 0.6 is 0 Å². The second-order valence-electron chi connectivity index (χ2n) is 3.76. The van der Waals surface area contributed by atoms with Gasteiger partial charge in [0.15, 0.2) is 0 Å². The first kappa shape index (κ1) is 9.68. The van der Waals surface area contributed by atoms with Crippen LogP contribution in [0.15, 0.2) is 12.3 Å². The Morgan fingerprint density at radius 3 is 2.93 bits per heavy atom. The van der Waals surface area contributed by atoms with Crippen molar-refractivity contribution in [2.75, 3.05) is 32.7 Å². The molecule has 1 fully saturated rings. The van der Waals surface area contributed by atoms with Crippen LogP contribution in [0.1, 0.15) is 12.1 Å². The van der Waals surface area contributed by atoms with Crippen LogP contribution in [-0.2, 0) is 6.42 Å². The van der Waals surface area contributed by atoms with Crippen LogP contribution in [0.2, 0.25) is 0 Å². The average Bonchev–Trinajstić information content (AvgIpc) is 2.72. The molecule has 2 heterocycles. The smallest absolute Gasteiger partial charge is 0.0622 e. The number of H-pyrrole nitrogens is 1. The summed E-state index contributed by atoms with van der Waals surface area (Å²) >= 11 is 0. The van der Waals surface area contributed by atoms with E-state index in [0.717, 1.165) is 19.5 Å². The Balaban J connectivity index is 1.62. The van der Waals surface area contributed by atoms with Crippen LogP contribution in [0.25, 0.3) is 0 Å². The fourth-order valence-electron chi connectivity index (χ4n) is 1.85. The number of hydrogen-bond acceptors (Lipinski definition) is 3. The number of piperazine rings is 1. The Morgan fingerprint density at radius 2 is 2.21 bits per heavy atom. The van der Waals surface area contributed by atoms with Gasteiger partial charge in [-0.05, 0) is 25.5 Å². The van der Waals surface area contributed by atoms with Gasteiger partial charge >= 0.3 is 0 Å². The zero-order chi connectivity index (χ0) is 9.64. The maximum Gasteiger partial charge on any atom is 0.0622 e. The lowest BCUT2D eigenvalue weighted by molar-refractivity contribution is 0.238. The van der Waals surface area contributed by atoms with Gasteiger partial charge in [-0.2, -0.15) is 5.10 Å². The first-order valence-corrected chi connectivity index (χ1v) is 5.37. The van der Waals surface area contributed by atoms with E-state index in [-0.39, 0.29) is 0 Å². The number of aromatic amines is 1. The monoisotopic (exact) mass is 194 g/mol. The number of rotatable bonds is 4. The summed E-state index contributed by atoms with van der Waals surface area (Å²) < 4.78 is 0. The number of hydrogen-bond donors (Lipinski definition) is 2. The lowest BCUT2D eigenvalue weighted by Crippen LogP contribution is -2.43. The third kappa shape index (κ3) is 2.82. The van der Waals surface area contributed by atoms with Crippen LogP contribution in [0.3, 0.4) is 0 Å². The van der Waals surface area contributed by atoms with E-state index in [0.29, 0.717) is 0 Å². The first-order chi connectivity index (χ1) is 6.95. The quantitative estimate of drug-likeness (QED) is 0.722. The molecule has 1 saturated heterocycles. The molecule has 2 N–H and O–H groups in total. The van der Waals surface area contributed by atoms with Gasteiger partial charge in [0.1, 0.15) is 0 Å². The molecule has 1 aromatic heterocycles. The third-order valence-corrected chi connectivity index (χ3v) is 2.68. The van der Waals surface area contributed by atoms with E-state index < -0.39 is 0 Å². The van der Waals surface area contributed by atoms with Crippen LogP contribution in [-0.4, -0.2) is 47.8 Å². The first-order valence-electron chi connectivity index (χ1n) is 5.37. The summed E-state index contributed by atoms with van der Waals surface area (Å²) in [6, 6.07) is 2.05. The Bertz CT molecular complexity index is 239. The predicted molar refractivity (Wildman–Crippen MR) is 56.2 cm³/mol. The van der Waals surface area contributed by atoms with Crippen molar-refractivity contribution in [2.45, 2.75) is 12.8 Å². The summed E-state index contributed by atoms with van der Waals surface area (Å²) in [4.78, 5) is 2.52. The van der Waals surface area contributed by atoms with Crippen LogP contribution in [0, 0.1) is 0 Å². The van der Waals surface area contributed by atoms with Gasteiger partial charge in [0.25, 0.3) is 0 Å². The van der Waals surface area contributed by atoms with Crippen molar-refractivity contribution in [2.24, 2.45) is 0 Å². The summed E-state index contributed by atoms with van der Waals surface area (Å²) in [6.45, 7) is 5.88. The normalized spacial score (nSPS) is 18.6. The highest BCUT2D eigenvalue weighted by Gasteiger charge is 2.08. The highest BCUT2D eigenvalue weighted by molar-refractivity contribution is 4.97. The molecule has 0 bridgehead atoms. The minimum absolute atomic E-state index is 1.09. The molecule has 2 rings (SSSR count). The maximum atomic E-state index is 4.14. The lowest BCUT2D eigenvalue weighted by Gasteiger charge is -2.26. The van der Waals surface area contributed by atoms with Gasteiger partial charge in [-0.15, -0.1) is 0 Å². The van der Waals surface area contributed by atoms with Crippen LogP contribution < -0.4 is 5.32 Å². The van der Waals surface area contributed by atoms with Gasteiger partial charge in [-0.3, -0.25) is 5.10 Å². The Kier molecular flexibility index (Phi) is 3.54. The standard InChI is InChI=1S/C10H18N4/c1(2-10-3-4-12-13-10)7-14-8-5-11-6-9-14/h3-4,11H,1-2,5-9H2,(H,12,13). The Morgan fingerprint density at radius 1 is 1.36 bits per heavy atom. The molecule has 0 atom stereocenters. The minimum Gasteiger partial charge on any atom is -0.314 e. The van der Waals surface area contributed by atoms with Crippen molar-refractivity contribution < 1.29 is 0 Å². The van der Waals surface area contributed by atoms with Gasteiger partial charge in [0.2, 0.25) is 0 Å². The summed E-state index contributed by atoms with van der Waals surface area (Å²) in [6.07, 6.45) is 4.19. The summed E-state index contributed by atoms with van der Waals surface area (Å²) in [5, 5.41) is 10.3. The zero-order valence-corrected chi connectivity index (χ0v) is 8.50. The Labute approximate surface area is 84.7 Å². The molecular formula is C10H18N4. The summed E-state index contributed by atoms with van der Waals surface area (Å²) in [5.41, 5.74) is 1.18. The van der Waals surface area contributed by atoms with Crippen LogP contribution in [0.5, 0.6) is 0 Å². The van der Waals surface area contributed by atoms with Crippen molar-refractivity contribution in [3.05, 3.63) is 18.0 Å². The number of nitrogens with zero attached hydrogens (tertiary/aromatic N) is 2. The van der Waals surface area contributed by atoms with E-state index >= 15 is 0 Å².